The maximum atomic E-state index is 12.5. The van der Waals surface area contributed by atoms with E-state index in [1.165, 1.54) is 16.9 Å². The van der Waals surface area contributed by atoms with Crippen LogP contribution in [-0.2, 0) is 17.6 Å². The van der Waals surface area contributed by atoms with Crippen LogP contribution in [0.4, 0.5) is 0 Å². The summed E-state index contributed by atoms with van der Waals surface area (Å²) in [6.45, 7) is 3.57. The van der Waals surface area contributed by atoms with E-state index in [4.69, 9.17) is 4.74 Å². The van der Waals surface area contributed by atoms with Gasteiger partial charge in [0.25, 0.3) is 5.91 Å². The highest BCUT2D eigenvalue weighted by Crippen LogP contribution is 2.38. The second-order valence-electron chi connectivity index (χ2n) is 7.33. The van der Waals surface area contributed by atoms with Crippen LogP contribution in [0.15, 0.2) is 6.33 Å². The van der Waals surface area contributed by atoms with Crippen LogP contribution in [0.5, 0.6) is 0 Å². The van der Waals surface area contributed by atoms with Crippen LogP contribution < -0.4 is 5.32 Å². The van der Waals surface area contributed by atoms with Crippen molar-refractivity contribution < 1.29 is 9.53 Å². The molecule has 1 amide bonds. The summed E-state index contributed by atoms with van der Waals surface area (Å²) in [6, 6.07) is 0. The molecule has 1 aliphatic carbocycles. The first-order valence-electron chi connectivity index (χ1n) is 9.24. The van der Waals surface area contributed by atoms with Gasteiger partial charge in [0.1, 0.15) is 11.2 Å². The Morgan fingerprint density at radius 3 is 3.23 bits per heavy atom. The molecule has 2 unspecified atom stereocenters. The van der Waals surface area contributed by atoms with E-state index in [2.05, 4.69) is 27.3 Å². The van der Waals surface area contributed by atoms with Crippen LogP contribution in [-0.4, -0.2) is 44.7 Å². The Morgan fingerprint density at radius 2 is 2.38 bits per heavy atom. The van der Waals surface area contributed by atoms with Gasteiger partial charge in [-0.2, -0.15) is 0 Å². The molecule has 26 heavy (non-hydrogen) atoms. The third-order valence-corrected chi connectivity index (χ3v) is 6.55. The van der Waals surface area contributed by atoms with Crippen LogP contribution in [0, 0.1) is 5.92 Å². The van der Waals surface area contributed by atoms with E-state index in [0.717, 1.165) is 48.2 Å². The zero-order chi connectivity index (χ0) is 17.7. The summed E-state index contributed by atoms with van der Waals surface area (Å²) in [5, 5.41) is 8.32. The Kier molecular flexibility index (Phi) is 3.90. The number of carbonyl (C=O) groups is 1. The average Bonchev–Trinajstić information content (AvgIpc) is 3.36. The highest BCUT2D eigenvalue weighted by atomic mass is 32.1. The van der Waals surface area contributed by atoms with Crippen molar-refractivity contribution in [3.8, 4) is 0 Å². The van der Waals surface area contributed by atoms with Gasteiger partial charge in [-0.1, -0.05) is 6.92 Å². The van der Waals surface area contributed by atoms with Gasteiger partial charge in [-0.3, -0.25) is 4.79 Å². The molecule has 1 N–H and O–H groups in total. The van der Waals surface area contributed by atoms with Crippen LogP contribution >= 0.6 is 11.3 Å². The number of ether oxygens (including phenoxy) is 1. The van der Waals surface area contributed by atoms with Gasteiger partial charge < -0.3 is 10.1 Å². The maximum Gasteiger partial charge on any atom is 0.291 e. The molecular formula is C18H21N5O2S. The minimum absolute atomic E-state index is 0.106. The van der Waals surface area contributed by atoms with Crippen molar-refractivity contribution in [2.75, 3.05) is 13.2 Å². The van der Waals surface area contributed by atoms with E-state index in [0.29, 0.717) is 12.5 Å². The van der Waals surface area contributed by atoms with Crippen LogP contribution in [0.3, 0.4) is 0 Å². The molecule has 0 radical (unpaired) electrons. The fraction of sp³-hybridized carbons (Fsp3) is 0.556. The van der Waals surface area contributed by atoms with Crippen molar-refractivity contribution in [2.45, 2.75) is 45.1 Å². The van der Waals surface area contributed by atoms with Gasteiger partial charge in [-0.25, -0.2) is 14.5 Å². The van der Waals surface area contributed by atoms with Crippen molar-refractivity contribution in [3.63, 3.8) is 0 Å². The van der Waals surface area contributed by atoms with Gasteiger partial charge in [0.15, 0.2) is 5.65 Å². The summed E-state index contributed by atoms with van der Waals surface area (Å²) < 4.78 is 7.18. The number of hydrogen-bond acceptors (Lipinski definition) is 6. The highest BCUT2D eigenvalue weighted by Gasteiger charge is 2.25. The molecule has 8 heteroatoms. The van der Waals surface area contributed by atoms with Gasteiger partial charge in [0.2, 0.25) is 5.82 Å². The molecule has 1 saturated heterocycles. The number of nitrogens with zero attached hydrogens (tertiary/aromatic N) is 4. The van der Waals surface area contributed by atoms with E-state index < -0.39 is 0 Å². The predicted octanol–water partition coefficient (Wildman–Crippen LogP) is 2.37. The molecule has 5 rings (SSSR count). The van der Waals surface area contributed by atoms with E-state index in [1.54, 1.807) is 22.2 Å². The maximum absolute atomic E-state index is 12.5. The third kappa shape index (κ3) is 2.68. The second kappa shape index (κ2) is 6.28. The molecule has 4 heterocycles. The number of hydrogen-bond donors (Lipinski definition) is 1. The number of aryl methyl sites for hydroxylation is 1. The van der Waals surface area contributed by atoms with Gasteiger partial charge in [-0.15, -0.1) is 16.4 Å². The van der Waals surface area contributed by atoms with E-state index >= 15 is 0 Å². The van der Waals surface area contributed by atoms with Crippen molar-refractivity contribution in [1.82, 2.24) is 24.9 Å². The number of amides is 1. The molecule has 0 spiro atoms. The van der Waals surface area contributed by atoms with E-state index in [1.807, 2.05) is 0 Å². The fourth-order valence-electron chi connectivity index (χ4n) is 3.93. The number of carbonyl (C=O) groups excluding carboxylic acids is 1. The number of rotatable bonds is 3. The molecule has 3 aromatic heterocycles. The Hall–Kier alpha value is -2.06. The summed E-state index contributed by atoms with van der Waals surface area (Å²) in [5.74, 6) is 0.605. The van der Waals surface area contributed by atoms with Crippen LogP contribution in [0.25, 0.3) is 15.9 Å². The molecule has 1 aliphatic heterocycles. The third-order valence-electron chi connectivity index (χ3n) is 5.35. The smallest absolute Gasteiger partial charge is 0.291 e. The van der Waals surface area contributed by atoms with Crippen molar-refractivity contribution in [2.24, 2.45) is 5.92 Å². The van der Waals surface area contributed by atoms with E-state index in [9.17, 15) is 4.79 Å². The Bertz CT molecular complexity index is 988. The minimum atomic E-state index is -0.255. The normalized spacial score (nSPS) is 22.8. The first-order valence-corrected chi connectivity index (χ1v) is 10.1. The number of thiophene rings is 1. The van der Waals surface area contributed by atoms with Gasteiger partial charge in [-0.05, 0) is 43.6 Å². The first kappa shape index (κ1) is 16.1. The highest BCUT2D eigenvalue weighted by molar-refractivity contribution is 7.19. The average molecular weight is 371 g/mol. The summed E-state index contributed by atoms with van der Waals surface area (Å²) >= 11 is 1.75. The predicted molar refractivity (Wildman–Crippen MR) is 98.7 cm³/mol. The molecule has 136 valence electrons. The summed E-state index contributed by atoms with van der Waals surface area (Å²) in [6.07, 6.45) is 7.18. The zero-order valence-corrected chi connectivity index (χ0v) is 15.5. The van der Waals surface area contributed by atoms with Crippen molar-refractivity contribution >= 4 is 33.1 Å². The topological polar surface area (TPSA) is 81.4 Å². The second-order valence-corrected chi connectivity index (χ2v) is 8.41. The molecule has 0 bridgehead atoms. The molecule has 2 aliphatic rings. The standard InChI is InChI=1S/C18H21N5O2S/c1-10-4-5-13-12(7-10)14-16-21-15(22-23(16)9-20-18(14)26-13)17(24)19-8-11-3-2-6-25-11/h9-11H,2-8H2,1H3,(H,19,24). The molecule has 2 atom stereocenters. The lowest BCUT2D eigenvalue weighted by atomic mass is 9.89. The SMILES string of the molecule is CC1CCc2sc3ncn4nc(C(=O)NCC5CCCO5)nc4c3c2C1. The number of aromatic nitrogens is 4. The molecule has 0 saturated carbocycles. The largest absolute Gasteiger partial charge is 0.376 e. The minimum Gasteiger partial charge on any atom is -0.376 e. The first-order chi connectivity index (χ1) is 12.7. The summed E-state index contributed by atoms with van der Waals surface area (Å²) in [4.78, 5) is 24.0. The Balaban J connectivity index is 1.49. The Morgan fingerprint density at radius 1 is 1.46 bits per heavy atom. The summed E-state index contributed by atoms with van der Waals surface area (Å²) in [7, 11) is 0. The lowest BCUT2D eigenvalue weighted by molar-refractivity contribution is 0.0849. The quantitative estimate of drug-likeness (QED) is 0.764. The lowest BCUT2D eigenvalue weighted by Crippen LogP contribution is -2.32. The van der Waals surface area contributed by atoms with Crippen molar-refractivity contribution in [1.29, 1.82) is 0 Å². The van der Waals surface area contributed by atoms with Crippen LogP contribution in [0.1, 0.15) is 47.2 Å². The molecule has 1 fully saturated rings. The number of fused-ring (bicyclic) bond motifs is 5. The van der Waals surface area contributed by atoms with Gasteiger partial charge in [0.05, 0.1) is 11.5 Å². The number of nitrogens with one attached hydrogen (secondary N) is 1. The molecule has 7 nitrogen and oxygen atoms in total. The van der Waals surface area contributed by atoms with Crippen molar-refractivity contribution in [3.05, 3.63) is 22.6 Å². The zero-order valence-electron chi connectivity index (χ0n) is 14.7. The monoisotopic (exact) mass is 371 g/mol. The fourth-order valence-corrected chi connectivity index (χ4v) is 5.11. The molecule has 3 aromatic rings. The molecule has 0 aromatic carbocycles. The van der Waals surface area contributed by atoms with Crippen LogP contribution in [0.2, 0.25) is 0 Å². The van der Waals surface area contributed by atoms with Gasteiger partial charge in [0, 0.05) is 18.0 Å². The summed E-state index contributed by atoms with van der Waals surface area (Å²) in [5.41, 5.74) is 2.09. The Labute approximate surface area is 154 Å². The molecular weight excluding hydrogens is 350 g/mol. The van der Waals surface area contributed by atoms with Gasteiger partial charge >= 0.3 is 0 Å². The van der Waals surface area contributed by atoms with E-state index in [-0.39, 0.29) is 17.8 Å². The lowest BCUT2D eigenvalue weighted by Gasteiger charge is -2.17.